The normalized spacial score (nSPS) is 16.8. The molecule has 2 aromatic rings. The fourth-order valence-corrected chi connectivity index (χ4v) is 4.31. The summed E-state index contributed by atoms with van der Waals surface area (Å²) in [5.74, 6) is 0.780. The van der Waals surface area contributed by atoms with Gasteiger partial charge in [0.15, 0.2) is 5.96 Å². The molecule has 0 aliphatic carbocycles. The molecule has 2 aromatic carbocycles. The minimum atomic E-state index is -3.41. The van der Waals surface area contributed by atoms with Gasteiger partial charge in [-0.3, -0.25) is 0 Å². The Labute approximate surface area is 203 Å². The van der Waals surface area contributed by atoms with Crippen LogP contribution in [0.5, 0.6) is 0 Å². The number of nitrogens with zero attached hydrogens (tertiary/aromatic N) is 3. The number of rotatable bonds is 7. The molecule has 1 atom stereocenters. The van der Waals surface area contributed by atoms with Crippen molar-refractivity contribution in [1.82, 2.24) is 14.9 Å². The molecule has 0 saturated carbocycles. The van der Waals surface area contributed by atoms with Crippen molar-refractivity contribution < 1.29 is 8.42 Å². The van der Waals surface area contributed by atoms with Gasteiger partial charge >= 0.3 is 0 Å². The average Bonchev–Trinajstić information content (AvgIpc) is 3.21. The van der Waals surface area contributed by atoms with Crippen LogP contribution in [-0.2, 0) is 16.6 Å². The van der Waals surface area contributed by atoms with Crippen molar-refractivity contribution in [3.8, 4) is 0 Å². The number of nitrogens with one attached hydrogen (secondary N) is 2. The average molecular weight is 558 g/mol. The van der Waals surface area contributed by atoms with E-state index in [1.807, 2.05) is 25.1 Å². The third-order valence-corrected chi connectivity index (χ3v) is 6.95. The number of aliphatic imine (C=N–C) groups is 1. The van der Waals surface area contributed by atoms with E-state index in [4.69, 9.17) is 0 Å². The van der Waals surface area contributed by atoms with E-state index < -0.39 is 10.0 Å². The lowest BCUT2D eigenvalue weighted by atomic mass is 10.2. The first-order valence-electron chi connectivity index (χ1n) is 10.3. The van der Waals surface area contributed by atoms with Crippen molar-refractivity contribution >= 4 is 45.6 Å². The maximum atomic E-state index is 12.2. The van der Waals surface area contributed by atoms with Crippen LogP contribution in [0.25, 0.3) is 0 Å². The first-order valence-corrected chi connectivity index (χ1v) is 11.7. The Bertz CT molecular complexity index is 950. The predicted octanol–water partition coefficient (Wildman–Crippen LogP) is 2.89. The lowest BCUT2D eigenvalue weighted by molar-refractivity contribution is 0.520. The summed E-state index contributed by atoms with van der Waals surface area (Å²) in [6, 6.07) is 17.7. The number of hydrogen-bond donors (Lipinski definition) is 2. The third-order valence-electron chi connectivity index (χ3n) is 5.12. The van der Waals surface area contributed by atoms with Gasteiger partial charge in [0.1, 0.15) is 0 Å². The number of hydrogen-bond acceptors (Lipinski definition) is 4. The van der Waals surface area contributed by atoms with Crippen LogP contribution >= 0.6 is 24.0 Å². The lowest BCUT2D eigenvalue weighted by Gasteiger charge is -2.20. The van der Waals surface area contributed by atoms with Gasteiger partial charge in [-0.2, -0.15) is 0 Å². The van der Waals surface area contributed by atoms with Crippen LogP contribution < -0.4 is 15.5 Å². The summed E-state index contributed by atoms with van der Waals surface area (Å²) in [5, 5.41) is 6.83. The first-order chi connectivity index (χ1) is 14.4. The SMILES string of the molecule is CCNC(=NCc1ccc(S(=O)(=O)N(C)C)cc1)NC1CCN(c2ccccc2)C1.I. The molecule has 170 valence electrons. The van der Waals surface area contributed by atoms with Crippen LogP contribution in [-0.4, -0.2) is 58.5 Å². The molecule has 0 radical (unpaired) electrons. The molecule has 2 N–H and O–H groups in total. The van der Waals surface area contributed by atoms with Gasteiger partial charge in [-0.05, 0) is 43.2 Å². The van der Waals surface area contributed by atoms with Gasteiger partial charge in [-0.1, -0.05) is 30.3 Å². The quantitative estimate of drug-likeness (QED) is 0.311. The second kappa shape index (κ2) is 11.7. The molecule has 1 heterocycles. The molecule has 1 unspecified atom stereocenters. The van der Waals surface area contributed by atoms with Crippen LogP contribution in [0.15, 0.2) is 64.5 Å². The standard InChI is InChI=1S/C22H31N5O2S.HI/c1-4-23-22(25-19-14-15-27(17-19)20-8-6-5-7-9-20)24-16-18-10-12-21(13-11-18)30(28,29)26(2)3;/h5-13,19H,4,14-17H2,1-3H3,(H2,23,24,25);1H. The maximum Gasteiger partial charge on any atom is 0.242 e. The number of anilines is 1. The summed E-state index contributed by atoms with van der Waals surface area (Å²) in [5.41, 5.74) is 2.21. The van der Waals surface area contributed by atoms with E-state index in [1.54, 1.807) is 12.1 Å². The molecular formula is C22H32IN5O2S. The van der Waals surface area contributed by atoms with Crippen molar-refractivity contribution in [3.05, 3.63) is 60.2 Å². The highest BCUT2D eigenvalue weighted by molar-refractivity contribution is 14.0. The molecule has 0 aromatic heterocycles. The summed E-state index contributed by atoms with van der Waals surface area (Å²) >= 11 is 0. The molecule has 31 heavy (non-hydrogen) atoms. The fourth-order valence-electron chi connectivity index (χ4n) is 3.41. The highest BCUT2D eigenvalue weighted by atomic mass is 127. The van der Waals surface area contributed by atoms with Crippen LogP contribution in [0.1, 0.15) is 18.9 Å². The molecule has 1 fully saturated rings. The Balaban J connectivity index is 0.00000341. The van der Waals surface area contributed by atoms with Gasteiger partial charge in [0, 0.05) is 45.5 Å². The lowest BCUT2D eigenvalue weighted by Crippen LogP contribution is -2.44. The molecular weight excluding hydrogens is 525 g/mol. The Morgan fingerprint density at radius 2 is 1.81 bits per heavy atom. The summed E-state index contributed by atoms with van der Waals surface area (Å²) in [7, 11) is -0.346. The second-order valence-corrected chi connectivity index (χ2v) is 9.69. The van der Waals surface area contributed by atoms with E-state index >= 15 is 0 Å². The zero-order chi connectivity index (χ0) is 21.6. The third kappa shape index (κ3) is 6.81. The van der Waals surface area contributed by atoms with Gasteiger partial charge in [-0.15, -0.1) is 24.0 Å². The molecule has 7 nitrogen and oxygen atoms in total. The van der Waals surface area contributed by atoms with E-state index in [0.717, 1.165) is 37.6 Å². The Hall–Kier alpha value is -1.85. The van der Waals surface area contributed by atoms with Crippen LogP contribution in [0.4, 0.5) is 5.69 Å². The Morgan fingerprint density at radius 1 is 1.13 bits per heavy atom. The maximum absolute atomic E-state index is 12.2. The number of sulfonamides is 1. The molecule has 0 bridgehead atoms. The van der Waals surface area contributed by atoms with Gasteiger partial charge in [0.05, 0.1) is 11.4 Å². The van der Waals surface area contributed by atoms with Crippen LogP contribution in [0.2, 0.25) is 0 Å². The molecule has 0 spiro atoms. The number of guanidine groups is 1. The summed E-state index contributed by atoms with van der Waals surface area (Å²) < 4.78 is 25.6. The molecule has 0 amide bonds. The van der Waals surface area contributed by atoms with Crippen molar-refractivity contribution in [1.29, 1.82) is 0 Å². The topological polar surface area (TPSA) is 77.0 Å². The van der Waals surface area contributed by atoms with E-state index in [1.165, 1.54) is 24.1 Å². The molecule has 1 aliphatic rings. The minimum Gasteiger partial charge on any atom is -0.369 e. The van der Waals surface area contributed by atoms with Crippen molar-refractivity contribution in [2.45, 2.75) is 30.8 Å². The van der Waals surface area contributed by atoms with Crippen molar-refractivity contribution in [3.63, 3.8) is 0 Å². The molecule has 9 heteroatoms. The number of benzene rings is 2. The zero-order valence-corrected chi connectivity index (χ0v) is 21.4. The van der Waals surface area contributed by atoms with Crippen LogP contribution in [0.3, 0.4) is 0 Å². The van der Waals surface area contributed by atoms with Crippen molar-refractivity contribution in [2.24, 2.45) is 4.99 Å². The number of halogens is 1. The summed E-state index contributed by atoms with van der Waals surface area (Å²) in [6.45, 7) is 5.26. The van der Waals surface area contributed by atoms with Gasteiger partial charge in [0.2, 0.25) is 10.0 Å². The van der Waals surface area contributed by atoms with E-state index in [2.05, 4.69) is 44.8 Å². The predicted molar refractivity (Wildman–Crippen MR) is 138 cm³/mol. The largest absolute Gasteiger partial charge is 0.369 e. The highest BCUT2D eigenvalue weighted by Crippen LogP contribution is 2.19. The van der Waals surface area contributed by atoms with Gasteiger partial charge < -0.3 is 15.5 Å². The molecule has 1 saturated heterocycles. The fraction of sp³-hybridized carbons (Fsp3) is 0.409. The smallest absolute Gasteiger partial charge is 0.242 e. The number of para-hydroxylation sites is 1. The molecule has 3 rings (SSSR count). The van der Waals surface area contributed by atoms with E-state index in [-0.39, 0.29) is 28.9 Å². The van der Waals surface area contributed by atoms with Crippen molar-refractivity contribution in [2.75, 3.05) is 38.6 Å². The Kier molecular flexibility index (Phi) is 9.57. The van der Waals surface area contributed by atoms with E-state index in [0.29, 0.717) is 12.6 Å². The minimum absolute atomic E-state index is 0. The summed E-state index contributed by atoms with van der Waals surface area (Å²) in [6.07, 6.45) is 1.05. The Morgan fingerprint density at radius 3 is 2.42 bits per heavy atom. The monoisotopic (exact) mass is 557 g/mol. The second-order valence-electron chi connectivity index (χ2n) is 7.54. The zero-order valence-electron chi connectivity index (χ0n) is 18.3. The van der Waals surface area contributed by atoms with Gasteiger partial charge in [-0.25, -0.2) is 17.7 Å². The van der Waals surface area contributed by atoms with Crippen LogP contribution in [0, 0.1) is 0 Å². The van der Waals surface area contributed by atoms with Gasteiger partial charge in [0.25, 0.3) is 0 Å². The van der Waals surface area contributed by atoms with E-state index in [9.17, 15) is 8.42 Å². The summed E-state index contributed by atoms with van der Waals surface area (Å²) in [4.78, 5) is 7.36. The highest BCUT2D eigenvalue weighted by Gasteiger charge is 2.23. The molecule has 1 aliphatic heterocycles. The first kappa shape index (κ1) is 25.4.